The monoisotopic (exact) mass is 374 g/mol. The summed E-state index contributed by atoms with van der Waals surface area (Å²) < 4.78 is 10.8. The van der Waals surface area contributed by atoms with E-state index in [2.05, 4.69) is 21.0 Å². The summed E-state index contributed by atoms with van der Waals surface area (Å²) in [6, 6.07) is 5.65. The van der Waals surface area contributed by atoms with E-state index in [1.54, 1.807) is 25.6 Å². The molecule has 0 aliphatic heterocycles. The molecule has 1 saturated carbocycles. The maximum atomic E-state index is 8.15. The molecule has 1 aliphatic carbocycles. The lowest BCUT2D eigenvalue weighted by molar-refractivity contribution is 0.384. The molecule has 0 amide bonds. The van der Waals surface area contributed by atoms with Crippen LogP contribution < -0.4 is 20.1 Å². The van der Waals surface area contributed by atoms with Crippen LogP contribution in [0.3, 0.4) is 0 Å². The van der Waals surface area contributed by atoms with E-state index >= 15 is 0 Å². The predicted octanol–water partition coefficient (Wildman–Crippen LogP) is 4.34. The fourth-order valence-corrected chi connectivity index (χ4v) is 4.16. The molecule has 3 rings (SSSR count). The fraction of sp³-hybridized carbons (Fsp3) is 0.474. The highest BCUT2D eigenvalue weighted by Gasteiger charge is 2.18. The van der Waals surface area contributed by atoms with Crippen molar-refractivity contribution in [2.75, 3.05) is 19.5 Å². The molecule has 0 saturated heterocycles. The van der Waals surface area contributed by atoms with Gasteiger partial charge in [0.1, 0.15) is 11.5 Å². The van der Waals surface area contributed by atoms with Gasteiger partial charge in [-0.15, -0.1) is 11.3 Å². The number of thiazole rings is 1. The molecule has 0 spiro atoms. The van der Waals surface area contributed by atoms with Gasteiger partial charge in [0.25, 0.3) is 0 Å². The van der Waals surface area contributed by atoms with Gasteiger partial charge in [0, 0.05) is 11.3 Å². The molecule has 26 heavy (non-hydrogen) atoms. The summed E-state index contributed by atoms with van der Waals surface area (Å²) in [6.45, 7) is 0.430. The van der Waals surface area contributed by atoms with E-state index < -0.39 is 0 Å². The number of hydrogen-bond donors (Lipinski definition) is 3. The van der Waals surface area contributed by atoms with Crippen LogP contribution in [0.15, 0.2) is 23.6 Å². The zero-order valence-electron chi connectivity index (χ0n) is 15.3. The minimum atomic E-state index is 0.211. The van der Waals surface area contributed by atoms with E-state index in [1.807, 2.05) is 18.2 Å². The number of rotatable bonds is 6. The number of ether oxygens (including phenoxy) is 2. The smallest absolute Gasteiger partial charge is 0.195 e. The molecular weight excluding hydrogens is 348 g/mol. The first kappa shape index (κ1) is 18.5. The molecule has 7 heteroatoms. The Kier molecular flexibility index (Phi) is 6.33. The number of aromatic nitrogens is 1. The average Bonchev–Trinajstić information content (AvgIpc) is 3.15. The minimum Gasteiger partial charge on any atom is -0.496 e. The Morgan fingerprint density at radius 2 is 1.88 bits per heavy atom. The molecule has 1 aromatic carbocycles. The highest BCUT2D eigenvalue weighted by atomic mass is 32.1. The average molecular weight is 375 g/mol. The SMILES string of the molecule is COc1cccc(OC)c1CNC(=N)Nc1nc(C2CCCCC2)cs1. The van der Waals surface area contributed by atoms with Crippen molar-refractivity contribution < 1.29 is 9.47 Å². The van der Waals surface area contributed by atoms with Crippen LogP contribution in [0.25, 0.3) is 0 Å². The van der Waals surface area contributed by atoms with Gasteiger partial charge < -0.3 is 20.1 Å². The summed E-state index contributed by atoms with van der Waals surface area (Å²) in [5.74, 6) is 2.26. The highest BCUT2D eigenvalue weighted by Crippen LogP contribution is 2.34. The minimum absolute atomic E-state index is 0.211. The number of guanidine groups is 1. The maximum Gasteiger partial charge on any atom is 0.195 e. The molecule has 6 nitrogen and oxygen atoms in total. The van der Waals surface area contributed by atoms with Crippen molar-refractivity contribution in [2.24, 2.45) is 0 Å². The van der Waals surface area contributed by atoms with E-state index in [1.165, 1.54) is 32.1 Å². The topological polar surface area (TPSA) is 79.3 Å². The third-order valence-corrected chi connectivity index (χ3v) is 5.53. The van der Waals surface area contributed by atoms with Crippen LogP contribution >= 0.6 is 11.3 Å². The van der Waals surface area contributed by atoms with Gasteiger partial charge in [-0.05, 0) is 25.0 Å². The zero-order chi connectivity index (χ0) is 18.4. The summed E-state index contributed by atoms with van der Waals surface area (Å²) in [4.78, 5) is 4.67. The van der Waals surface area contributed by atoms with Crippen LogP contribution in [-0.2, 0) is 6.54 Å². The van der Waals surface area contributed by atoms with E-state index in [4.69, 9.17) is 14.9 Å². The molecule has 0 atom stereocenters. The Labute approximate surface area is 158 Å². The van der Waals surface area contributed by atoms with Gasteiger partial charge in [0.15, 0.2) is 11.1 Å². The Balaban J connectivity index is 1.57. The van der Waals surface area contributed by atoms with Crippen LogP contribution in [-0.4, -0.2) is 25.2 Å². The Hall–Kier alpha value is -2.28. The second kappa shape index (κ2) is 8.89. The molecular formula is C19H26N4O2S. The molecule has 1 fully saturated rings. The first-order chi connectivity index (χ1) is 12.7. The summed E-state index contributed by atoms with van der Waals surface area (Å²) in [5.41, 5.74) is 2.04. The van der Waals surface area contributed by atoms with Crippen LogP contribution in [0, 0.1) is 5.41 Å². The summed E-state index contributed by atoms with van der Waals surface area (Å²) in [7, 11) is 3.26. The van der Waals surface area contributed by atoms with Crippen molar-refractivity contribution in [3.05, 3.63) is 34.8 Å². The molecule has 3 N–H and O–H groups in total. The second-order valence-corrected chi connectivity index (χ2v) is 7.27. The quantitative estimate of drug-likeness (QED) is 0.518. The zero-order valence-corrected chi connectivity index (χ0v) is 16.1. The van der Waals surface area contributed by atoms with Crippen LogP contribution in [0.2, 0.25) is 0 Å². The number of methoxy groups -OCH3 is 2. The fourth-order valence-electron chi connectivity index (χ4n) is 3.36. The van der Waals surface area contributed by atoms with E-state index in [0.717, 1.165) is 27.9 Å². The lowest BCUT2D eigenvalue weighted by Gasteiger charge is -2.19. The largest absolute Gasteiger partial charge is 0.496 e. The number of anilines is 1. The Morgan fingerprint density at radius 3 is 2.54 bits per heavy atom. The first-order valence-electron chi connectivity index (χ1n) is 8.96. The maximum absolute atomic E-state index is 8.15. The van der Waals surface area contributed by atoms with E-state index in [-0.39, 0.29) is 5.96 Å². The number of hydrogen-bond acceptors (Lipinski definition) is 5. The van der Waals surface area contributed by atoms with Crippen molar-refractivity contribution in [3.63, 3.8) is 0 Å². The van der Waals surface area contributed by atoms with Gasteiger partial charge in [0.05, 0.1) is 32.0 Å². The molecule has 1 aromatic heterocycles. The summed E-state index contributed by atoms with van der Waals surface area (Å²) in [5, 5.41) is 17.1. The molecule has 140 valence electrons. The van der Waals surface area contributed by atoms with Crippen molar-refractivity contribution in [3.8, 4) is 11.5 Å². The number of nitrogens with one attached hydrogen (secondary N) is 3. The van der Waals surface area contributed by atoms with Crippen LogP contribution in [0.1, 0.15) is 49.3 Å². The molecule has 1 heterocycles. The standard InChI is InChI=1S/C19H26N4O2S/c1-24-16-9-6-10-17(25-2)14(16)11-21-18(20)23-19-22-15(12-26-19)13-7-4-3-5-8-13/h6,9-10,12-13H,3-5,7-8,11H2,1-2H3,(H3,20,21,22,23). The van der Waals surface area contributed by atoms with E-state index in [9.17, 15) is 0 Å². The number of nitrogens with zero attached hydrogens (tertiary/aromatic N) is 1. The van der Waals surface area contributed by atoms with Gasteiger partial charge in [-0.25, -0.2) is 4.98 Å². The van der Waals surface area contributed by atoms with Gasteiger partial charge in [-0.1, -0.05) is 25.3 Å². The molecule has 2 aromatic rings. The lowest BCUT2D eigenvalue weighted by atomic mass is 9.87. The Morgan fingerprint density at radius 1 is 1.19 bits per heavy atom. The van der Waals surface area contributed by atoms with Crippen LogP contribution in [0.4, 0.5) is 5.13 Å². The van der Waals surface area contributed by atoms with Crippen molar-refractivity contribution in [1.82, 2.24) is 10.3 Å². The third kappa shape index (κ3) is 4.46. The summed E-state index contributed by atoms with van der Waals surface area (Å²) >= 11 is 1.56. The summed E-state index contributed by atoms with van der Waals surface area (Å²) in [6.07, 6.45) is 6.39. The molecule has 0 bridgehead atoms. The molecule has 0 unspecified atom stereocenters. The van der Waals surface area contributed by atoms with Crippen molar-refractivity contribution >= 4 is 22.4 Å². The predicted molar refractivity (Wildman–Crippen MR) is 106 cm³/mol. The van der Waals surface area contributed by atoms with Crippen molar-refractivity contribution in [2.45, 2.75) is 44.6 Å². The van der Waals surface area contributed by atoms with Gasteiger partial charge >= 0.3 is 0 Å². The number of benzene rings is 1. The first-order valence-corrected chi connectivity index (χ1v) is 9.84. The van der Waals surface area contributed by atoms with E-state index in [0.29, 0.717) is 12.5 Å². The normalized spacial score (nSPS) is 14.7. The second-order valence-electron chi connectivity index (χ2n) is 6.41. The highest BCUT2D eigenvalue weighted by molar-refractivity contribution is 7.13. The van der Waals surface area contributed by atoms with Gasteiger partial charge in [-0.2, -0.15) is 0 Å². The van der Waals surface area contributed by atoms with Crippen molar-refractivity contribution in [1.29, 1.82) is 5.41 Å². The molecule has 0 radical (unpaired) electrons. The Bertz CT molecular complexity index is 719. The molecule has 1 aliphatic rings. The third-order valence-electron chi connectivity index (χ3n) is 4.75. The van der Waals surface area contributed by atoms with Crippen LogP contribution in [0.5, 0.6) is 11.5 Å². The lowest BCUT2D eigenvalue weighted by Crippen LogP contribution is -2.29. The van der Waals surface area contributed by atoms with Gasteiger partial charge in [-0.3, -0.25) is 5.41 Å². The van der Waals surface area contributed by atoms with Gasteiger partial charge in [0.2, 0.25) is 0 Å².